The van der Waals surface area contributed by atoms with Crippen LogP contribution in [0.5, 0.6) is 5.75 Å². The summed E-state index contributed by atoms with van der Waals surface area (Å²) < 4.78 is 15.9. The second kappa shape index (κ2) is 10.6. The van der Waals surface area contributed by atoms with Crippen molar-refractivity contribution in [2.45, 2.75) is 39.2 Å². The molecule has 0 atom stereocenters. The third-order valence-electron chi connectivity index (χ3n) is 4.59. The number of aryl methyl sites for hydroxylation is 1. The van der Waals surface area contributed by atoms with Crippen molar-refractivity contribution in [2.24, 2.45) is 0 Å². The normalized spacial score (nSPS) is 11.0. The van der Waals surface area contributed by atoms with Crippen molar-refractivity contribution in [1.29, 1.82) is 0 Å². The van der Waals surface area contributed by atoms with E-state index in [4.69, 9.17) is 14.2 Å². The third kappa shape index (κ3) is 6.64. The zero-order valence-electron chi connectivity index (χ0n) is 19.1. The first kappa shape index (κ1) is 24.4. The largest absolute Gasteiger partial charge is 0.455 e. The number of rotatable bonds is 8. The van der Waals surface area contributed by atoms with Gasteiger partial charge in [0, 0.05) is 24.4 Å². The summed E-state index contributed by atoms with van der Waals surface area (Å²) in [5, 5.41) is 14.2. The minimum Gasteiger partial charge on any atom is -0.455 e. The van der Waals surface area contributed by atoms with E-state index in [2.05, 4.69) is 10.3 Å². The molecule has 0 fully saturated rings. The zero-order valence-corrected chi connectivity index (χ0v) is 19.1. The van der Waals surface area contributed by atoms with E-state index in [0.29, 0.717) is 23.0 Å². The summed E-state index contributed by atoms with van der Waals surface area (Å²) >= 11 is 0. The lowest BCUT2D eigenvalue weighted by atomic mass is 10.1. The number of nitro groups is 1. The maximum atomic E-state index is 12.2. The second-order valence-electron chi connectivity index (χ2n) is 8.30. The third-order valence-corrected chi connectivity index (χ3v) is 4.59. The van der Waals surface area contributed by atoms with Gasteiger partial charge in [0.2, 0.25) is 6.79 Å². The monoisotopic (exact) mass is 467 g/mol. The molecule has 34 heavy (non-hydrogen) atoms. The number of nitrogens with zero attached hydrogens (tertiary/aromatic N) is 2. The number of hydrogen-bond acceptors (Lipinski definition) is 8. The summed E-state index contributed by atoms with van der Waals surface area (Å²) in [6, 6.07) is 13.0. The number of carbonyl (C=O) groups excluding carboxylic acids is 2. The number of nitro benzene ring substituents is 1. The second-order valence-corrected chi connectivity index (χ2v) is 8.30. The number of amides is 1. The number of pyridine rings is 1. The lowest BCUT2D eigenvalue weighted by Crippen LogP contribution is -2.27. The highest BCUT2D eigenvalue weighted by Gasteiger charge is 2.18. The van der Waals surface area contributed by atoms with E-state index in [0.717, 1.165) is 5.56 Å². The SMILES string of the molecule is CC(C)(C)OC(=O)Nc1ccccc1CCC(=O)OCOc1ccc([N+](=O)[O-])c2cccnc12. The van der Waals surface area contributed by atoms with Crippen molar-refractivity contribution in [3.05, 3.63) is 70.4 Å². The Morgan fingerprint density at radius 1 is 1.09 bits per heavy atom. The van der Waals surface area contributed by atoms with Gasteiger partial charge in [0.25, 0.3) is 5.69 Å². The summed E-state index contributed by atoms with van der Waals surface area (Å²) in [6.45, 7) is 4.93. The van der Waals surface area contributed by atoms with Crippen molar-refractivity contribution < 1.29 is 28.7 Å². The van der Waals surface area contributed by atoms with Crippen LogP contribution in [0.25, 0.3) is 10.9 Å². The quantitative estimate of drug-likeness (QED) is 0.212. The molecule has 10 heteroatoms. The molecule has 1 amide bonds. The van der Waals surface area contributed by atoms with Crippen LogP contribution in [-0.2, 0) is 20.7 Å². The van der Waals surface area contributed by atoms with Gasteiger partial charge < -0.3 is 14.2 Å². The van der Waals surface area contributed by atoms with Gasteiger partial charge >= 0.3 is 12.1 Å². The minimum absolute atomic E-state index is 0.0512. The molecule has 0 aliphatic carbocycles. The van der Waals surface area contributed by atoms with Gasteiger partial charge in [0.15, 0.2) is 0 Å². The Bertz CT molecular complexity index is 1200. The Morgan fingerprint density at radius 3 is 2.59 bits per heavy atom. The van der Waals surface area contributed by atoms with Gasteiger partial charge in [-0.25, -0.2) is 4.79 Å². The number of fused-ring (bicyclic) bond motifs is 1. The molecule has 0 unspecified atom stereocenters. The van der Waals surface area contributed by atoms with E-state index in [-0.39, 0.29) is 24.7 Å². The van der Waals surface area contributed by atoms with Crippen LogP contribution in [0.4, 0.5) is 16.2 Å². The Labute approximate surface area is 196 Å². The number of benzene rings is 2. The Kier molecular flexibility index (Phi) is 7.62. The highest BCUT2D eigenvalue weighted by molar-refractivity contribution is 5.92. The molecule has 178 valence electrons. The van der Waals surface area contributed by atoms with Gasteiger partial charge in [-0.15, -0.1) is 0 Å². The summed E-state index contributed by atoms with van der Waals surface area (Å²) in [6.07, 6.45) is 1.29. The van der Waals surface area contributed by atoms with E-state index in [1.807, 2.05) is 0 Å². The average molecular weight is 467 g/mol. The topological polar surface area (TPSA) is 130 Å². The van der Waals surface area contributed by atoms with Crippen LogP contribution in [0.15, 0.2) is 54.7 Å². The molecule has 1 aromatic heterocycles. The van der Waals surface area contributed by atoms with E-state index < -0.39 is 22.6 Å². The molecule has 2 aromatic carbocycles. The van der Waals surface area contributed by atoms with Gasteiger partial charge in [-0.05, 0) is 57.0 Å². The fourth-order valence-electron chi connectivity index (χ4n) is 3.15. The number of hydrogen-bond donors (Lipinski definition) is 1. The van der Waals surface area contributed by atoms with Crippen molar-refractivity contribution >= 4 is 34.3 Å². The molecule has 1 heterocycles. The molecule has 1 N–H and O–H groups in total. The maximum Gasteiger partial charge on any atom is 0.412 e. The van der Waals surface area contributed by atoms with Crippen LogP contribution in [0.2, 0.25) is 0 Å². The number of anilines is 1. The van der Waals surface area contributed by atoms with E-state index >= 15 is 0 Å². The highest BCUT2D eigenvalue weighted by atomic mass is 16.7. The molecule has 0 aliphatic heterocycles. The summed E-state index contributed by atoms with van der Waals surface area (Å²) in [4.78, 5) is 39.1. The van der Waals surface area contributed by atoms with E-state index in [1.54, 1.807) is 57.2 Å². The first-order valence-electron chi connectivity index (χ1n) is 10.5. The van der Waals surface area contributed by atoms with Gasteiger partial charge in [-0.2, -0.15) is 0 Å². The van der Waals surface area contributed by atoms with Crippen molar-refractivity contribution in [3.8, 4) is 5.75 Å². The van der Waals surface area contributed by atoms with Crippen molar-refractivity contribution in [3.63, 3.8) is 0 Å². The van der Waals surface area contributed by atoms with Gasteiger partial charge in [0.05, 0.1) is 10.3 Å². The number of ether oxygens (including phenoxy) is 3. The van der Waals surface area contributed by atoms with Crippen LogP contribution in [0.1, 0.15) is 32.8 Å². The smallest absolute Gasteiger partial charge is 0.412 e. The fraction of sp³-hybridized carbons (Fsp3) is 0.292. The minimum atomic E-state index is -0.632. The molecule has 3 aromatic rings. The molecule has 3 rings (SSSR count). The van der Waals surface area contributed by atoms with Crippen LogP contribution in [0.3, 0.4) is 0 Å². The molecule has 10 nitrogen and oxygen atoms in total. The van der Waals surface area contributed by atoms with Gasteiger partial charge in [-0.3, -0.25) is 25.2 Å². The maximum absolute atomic E-state index is 12.2. The molecule has 0 aliphatic rings. The highest BCUT2D eigenvalue weighted by Crippen LogP contribution is 2.31. The predicted molar refractivity (Wildman–Crippen MR) is 125 cm³/mol. The first-order valence-corrected chi connectivity index (χ1v) is 10.5. The number of nitrogens with one attached hydrogen (secondary N) is 1. The van der Waals surface area contributed by atoms with Crippen molar-refractivity contribution in [1.82, 2.24) is 4.98 Å². The Morgan fingerprint density at radius 2 is 1.85 bits per heavy atom. The molecular weight excluding hydrogens is 442 g/mol. The first-order chi connectivity index (χ1) is 16.1. The molecule has 0 saturated heterocycles. The lowest BCUT2D eigenvalue weighted by Gasteiger charge is -2.20. The number of para-hydroxylation sites is 1. The van der Waals surface area contributed by atoms with Gasteiger partial charge in [0.1, 0.15) is 16.9 Å². The van der Waals surface area contributed by atoms with E-state index in [1.165, 1.54) is 18.3 Å². The lowest BCUT2D eigenvalue weighted by molar-refractivity contribution is -0.383. The number of non-ortho nitro benzene ring substituents is 1. The summed E-state index contributed by atoms with van der Waals surface area (Å²) in [7, 11) is 0. The predicted octanol–water partition coefficient (Wildman–Crippen LogP) is 5.00. The Hall–Kier alpha value is -4.21. The number of carbonyl (C=O) groups is 2. The van der Waals surface area contributed by atoms with Crippen molar-refractivity contribution in [2.75, 3.05) is 12.1 Å². The van der Waals surface area contributed by atoms with Crippen LogP contribution in [-0.4, -0.2) is 34.4 Å². The Balaban J connectivity index is 1.55. The molecule has 0 radical (unpaired) electrons. The standard InChI is InChI=1S/C24H25N3O7/c1-24(2,3)34-23(29)26-18-9-5-4-7-16(18)10-13-21(28)33-15-32-20-12-11-19(27(30)31)17-8-6-14-25-22(17)20/h4-9,11-12,14H,10,13,15H2,1-3H3,(H,26,29). The molecular formula is C24H25N3O7. The van der Waals surface area contributed by atoms with E-state index in [9.17, 15) is 19.7 Å². The number of esters is 1. The van der Waals surface area contributed by atoms with Crippen LogP contribution < -0.4 is 10.1 Å². The summed E-state index contributed by atoms with van der Waals surface area (Å²) in [5.41, 5.74) is 0.870. The number of aromatic nitrogens is 1. The molecule has 0 spiro atoms. The zero-order chi connectivity index (χ0) is 24.7. The van der Waals surface area contributed by atoms with Crippen LogP contribution >= 0.6 is 0 Å². The fourth-order valence-corrected chi connectivity index (χ4v) is 3.15. The van der Waals surface area contributed by atoms with Gasteiger partial charge in [-0.1, -0.05) is 18.2 Å². The molecule has 0 bridgehead atoms. The van der Waals surface area contributed by atoms with Crippen LogP contribution in [0, 0.1) is 10.1 Å². The molecule has 0 saturated carbocycles. The summed E-state index contributed by atoms with van der Waals surface area (Å²) in [5.74, 6) is -0.243. The average Bonchev–Trinajstić information content (AvgIpc) is 2.77.